The molecule has 1 aromatic heterocycles. The van der Waals surface area contributed by atoms with Crippen LogP contribution in [0.25, 0.3) is 0 Å². The normalized spacial score (nSPS) is 27.2. The number of rotatable bonds is 1. The van der Waals surface area contributed by atoms with Crippen molar-refractivity contribution in [2.75, 3.05) is 13.2 Å². The van der Waals surface area contributed by atoms with Crippen LogP contribution in [0, 0.1) is 0 Å². The number of ether oxygens (including phenoxy) is 2. The Bertz CT molecular complexity index is 451. The molecule has 3 heterocycles. The van der Waals surface area contributed by atoms with E-state index in [9.17, 15) is 4.79 Å². The smallest absolute Gasteiger partial charge is 0.354 e. The first-order chi connectivity index (χ1) is 7.71. The molecule has 1 aromatic rings. The van der Waals surface area contributed by atoms with Gasteiger partial charge in [-0.15, -0.1) is 0 Å². The molecule has 0 aliphatic carbocycles. The number of carboxylic acid groups (broad SMARTS) is 1. The largest absolute Gasteiger partial charge is 0.477 e. The van der Waals surface area contributed by atoms with Gasteiger partial charge in [-0.3, -0.25) is 0 Å². The van der Waals surface area contributed by atoms with Crippen LogP contribution in [0.3, 0.4) is 0 Å². The van der Waals surface area contributed by atoms with Gasteiger partial charge in [-0.2, -0.15) is 0 Å². The van der Waals surface area contributed by atoms with Gasteiger partial charge in [0.15, 0.2) is 0 Å². The van der Waals surface area contributed by atoms with Crippen LogP contribution in [-0.4, -0.2) is 29.3 Å². The fourth-order valence-corrected chi connectivity index (χ4v) is 2.31. The SMILES string of the molecule is O=C(O)c1cc2c(cn1)COC21CCOC1. The average molecular weight is 221 g/mol. The molecular formula is C11H11NO4. The molecule has 0 bridgehead atoms. The number of pyridine rings is 1. The average Bonchev–Trinajstić information content (AvgIpc) is 2.88. The van der Waals surface area contributed by atoms with Crippen LogP contribution in [0.2, 0.25) is 0 Å². The molecule has 84 valence electrons. The molecule has 5 heteroatoms. The third-order valence-electron chi connectivity index (χ3n) is 3.19. The second-order valence-corrected chi connectivity index (χ2v) is 4.12. The molecule has 1 saturated heterocycles. The summed E-state index contributed by atoms with van der Waals surface area (Å²) in [6.45, 7) is 1.65. The summed E-state index contributed by atoms with van der Waals surface area (Å²) in [5, 5.41) is 8.91. The molecule has 0 amide bonds. The lowest BCUT2D eigenvalue weighted by Gasteiger charge is -2.21. The lowest BCUT2D eigenvalue weighted by Crippen LogP contribution is -2.25. The summed E-state index contributed by atoms with van der Waals surface area (Å²) < 4.78 is 11.1. The standard InChI is InChI=1S/C11H11NO4/c13-10(14)9-3-8-7(4-12-9)5-16-11(8)1-2-15-6-11/h3-4H,1-2,5-6H2,(H,13,14). The fourth-order valence-electron chi connectivity index (χ4n) is 2.31. The van der Waals surface area contributed by atoms with Gasteiger partial charge in [0, 0.05) is 24.8 Å². The molecule has 1 fully saturated rings. The first-order valence-electron chi connectivity index (χ1n) is 5.16. The molecule has 0 aromatic carbocycles. The highest BCUT2D eigenvalue weighted by Crippen LogP contribution is 2.42. The highest BCUT2D eigenvalue weighted by atomic mass is 16.6. The van der Waals surface area contributed by atoms with Crippen molar-refractivity contribution >= 4 is 5.97 Å². The van der Waals surface area contributed by atoms with Gasteiger partial charge in [-0.05, 0) is 11.6 Å². The minimum Gasteiger partial charge on any atom is -0.477 e. The number of aromatic nitrogens is 1. The van der Waals surface area contributed by atoms with Crippen molar-refractivity contribution in [3.05, 3.63) is 29.1 Å². The van der Waals surface area contributed by atoms with Crippen molar-refractivity contribution in [2.45, 2.75) is 18.6 Å². The van der Waals surface area contributed by atoms with E-state index in [-0.39, 0.29) is 5.69 Å². The van der Waals surface area contributed by atoms with Gasteiger partial charge < -0.3 is 14.6 Å². The Morgan fingerprint density at radius 1 is 1.56 bits per heavy atom. The van der Waals surface area contributed by atoms with E-state index in [1.807, 2.05) is 0 Å². The lowest BCUT2D eigenvalue weighted by atomic mass is 9.92. The van der Waals surface area contributed by atoms with Crippen molar-refractivity contribution in [2.24, 2.45) is 0 Å². The lowest BCUT2D eigenvalue weighted by molar-refractivity contribution is -0.0421. The summed E-state index contributed by atoms with van der Waals surface area (Å²) in [5.41, 5.74) is 1.53. The Morgan fingerprint density at radius 2 is 2.44 bits per heavy atom. The van der Waals surface area contributed by atoms with Gasteiger partial charge in [0.1, 0.15) is 11.3 Å². The van der Waals surface area contributed by atoms with Crippen LogP contribution in [0.4, 0.5) is 0 Å². The predicted molar refractivity (Wildman–Crippen MR) is 53.1 cm³/mol. The number of hydrogen-bond acceptors (Lipinski definition) is 4. The summed E-state index contributed by atoms with van der Waals surface area (Å²) >= 11 is 0. The molecule has 1 N–H and O–H groups in total. The second kappa shape index (κ2) is 3.26. The van der Waals surface area contributed by atoms with E-state index in [1.54, 1.807) is 12.3 Å². The number of nitrogens with zero attached hydrogens (tertiary/aromatic N) is 1. The molecule has 16 heavy (non-hydrogen) atoms. The molecule has 1 atom stereocenters. The topological polar surface area (TPSA) is 68.7 Å². The first-order valence-corrected chi connectivity index (χ1v) is 5.16. The zero-order valence-corrected chi connectivity index (χ0v) is 8.60. The minimum atomic E-state index is -1.01. The summed E-state index contributed by atoms with van der Waals surface area (Å²) in [6.07, 6.45) is 2.37. The van der Waals surface area contributed by atoms with E-state index < -0.39 is 11.6 Å². The second-order valence-electron chi connectivity index (χ2n) is 4.12. The van der Waals surface area contributed by atoms with Gasteiger partial charge >= 0.3 is 5.97 Å². The van der Waals surface area contributed by atoms with Gasteiger partial charge in [-0.1, -0.05) is 0 Å². The Hall–Kier alpha value is -1.46. The van der Waals surface area contributed by atoms with Crippen LogP contribution < -0.4 is 0 Å². The van der Waals surface area contributed by atoms with E-state index in [2.05, 4.69) is 4.98 Å². The summed E-state index contributed by atoms with van der Waals surface area (Å²) in [5.74, 6) is -1.01. The van der Waals surface area contributed by atoms with E-state index in [1.165, 1.54) is 0 Å². The van der Waals surface area contributed by atoms with E-state index >= 15 is 0 Å². The highest BCUT2D eigenvalue weighted by molar-refractivity contribution is 5.85. The maximum Gasteiger partial charge on any atom is 0.354 e. The van der Waals surface area contributed by atoms with Gasteiger partial charge in [0.2, 0.25) is 0 Å². The third kappa shape index (κ3) is 1.25. The maximum atomic E-state index is 10.9. The van der Waals surface area contributed by atoms with E-state index in [0.29, 0.717) is 19.8 Å². The molecule has 3 rings (SSSR count). The summed E-state index contributed by atoms with van der Waals surface area (Å²) in [7, 11) is 0. The molecule has 1 spiro atoms. The van der Waals surface area contributed by atoms with Gasteiger partial charge in [-0.25, -0.2) is 9.78 Å². The predicted octanol–water partition coefficient (Wildman–Crippen LogP) is 0.926. The quantitative estimate of drug-likeness (QED) is 0.763. The highest BCUT2D eigenvalue weighted by Gasteiger charge is 2.44. The Morgan fingerprint density at radius 3 is 3.12 bits per heavy atom. The first kappa shape index (κ1) is 9.74. The van der Waals surface area contributed by atoms with Crippen molar-refractivity contribution in [3.8, 4) is 0 Å². The number of hydrogen-bond donors (Lipinski definition) is 1. The molecule has 1 unspecified atom stereocenters. The number of fused-ring (bicyclic) bond motifs is 2. The van der Waals surface area contributed by atoms with E-state index in [0.717, 1.165) is 17.5 Å². The Labute approximate surface area is 92.0 Å². The van der Waals surface area contributed by atoms with Crippen molar-refractivity contribution in [3.63, 3.8) is 0 Å². The zero-order valence-electron chi connectivity index (χ0n) is 8.60. The summed E-state index contributed by atoms with van der Waals surface area (Å²) in [4.78, 5) is 14.8. The minimum absolute atomic E-state index is 0.0653. The zero-order chi connectivity index (χ0) is 11.2. The summed E-state index contributed by atoms with van der Waals surface area (Å²) in [6, 6.07) is 1.61. The van der Waals surface area contributed by atoms with Crippen molar-refractivity contribution in [1.82, 2.24) is 4.98 Å². The number of carbonyl (C=O) groups is 1. The number of carboxylic acids is 1. The molecule has 0 saturated carbocycles. The Balaban J connectivity index is 2.09. The van der Waals surface area contributed by atoms with Gasteiger partial charge in [0.05, 0.1) is 13.2 Å². The monoisotopic (exact) mass is 221 g/mol. The van der Waals surface area contributed by atoms with Crippen LogP contribution >= 0.6 is 0 Å². The molecule has 0 radical (unpaired) electrons. The number of aromatic carboxylic acids is 1. The molecule has 2 aliphatic rings. The van der Waals surface area contributed by atoms with Gasteiger partial charge in [0.25, 0.3) is 0 Å². The Kier molecular flexibility index (Phi) is 1.99. The van der Waals surface area contributed by atoms with Crippen molar-refractivity contribution in [1.29, 1.82) is 0 Å². The molecular weight excluding hydrogens is 210 g/mol. The van der Waals surface area contributed by atoms with Crippen LogP contribution in [0.1, 0.15) is 28.0 Å². The fraction of sp³-hybridized carbons (Fsp3) is 0.455. The van der Waals surface area contributed by atoms with Crippen LogP contribution in [0.5, 0.6) is 0 Å². The van der Waals surface area contributed by atoms with Crippen molar-refractivity contribution < 1.29 is 19.4 Å². The maximum absolute atomic E-state index is 10.9. The molecule has 2 aliphatic heterocycles. The van der Waals surface area contributed by atoms with Crippen LogP contribution in [-0.2, 0) is 21.7 Å². The molecule has 5 nitrogen and oxygen atoms in total. The third-order valence-corrected chi connectivity index (χ3v) is 3.19. The van der Waals surface area contributed by atoms with E-state index in [4.69, 9.17) is 14.6 Å². The van der Waals surface area contributed by atoms with Crippen LogP contribution in [0.15, 0.2) is 12.3 Å².